The summed E-state index contributed by atoms with van der Waals surface area (Å²) in [7, 11) is 0. The highest BCUT2D eigenvalue weighted by atomic mass is 15.4. The maximum absolute atomic E-state index is 2.65. The fourth-order valence-corrected chi connectivity index (χ4v) is 11.6. The summed E-state index contributed by atoms with van der Waals surface area (Å²) in [5.74, 6) is 2.37. The molecule has 0 bridgehead atoms. The highest BCUT2D eigenvalue weighted by Gasteiger charge is 2.68. The summed E-state index contributed by atoms with van der Waals surface area (Å²) in [5, 5.41) is 2.57. The minimum absolute atomic E-state index is 0.00343. The maximum atomic E-state index is 2.65. The Bertz CT molecular complexity index is 3250. The number of aromatic nitrogens is 4. The molecule has 6 heteroatoms. The molecule has 2 unspecified atom stereocenters. The number of pyridine rings is 3. The molecule has 4 aromatic heterocycles. The van der Waals surface area contributed by atoms with Crippen LogP contribution >= 0.6 is 0 Å². The first kappa shape index (κ1) is 29.3. The summed E-state index contributed by atoms with van der Waals surface area (Å²) in [5.41, 5.74) is 15.5. The molecule has 1 spiro atoms. The largest absolute Gasteiger partial charge is 0.318 e. The van der Waals surface area contributed by atoms with E-state index >= 15 is 0 Å². The van der Waals surface area contributed by atoms with Gasteiger partial charge in [-0.25, -0.2) is 0 Å². The Morgan fingerprint density at radius 1 is 0.500 bits per heavy atom. The molecule has 0 N–H and O–H groups in total. The van der Waals surface area contributed by atoms with E-state index in [1.165, 1.54) is 83.8 Å². The van der Waals surface area contributed by atoms with Gasteiger partial charge in [0, 0.05) is 51.2 Å². The zero-order chi connectivity index (χ0) is 36.7. The molecule has 6 nitrogen and oxygen atoms in total. The molecule has 262 valence electrons. The number of anilines is 6. The molecular formula is C50H35N6+3. The van der Waals surface area contributed by atoms with Gasteiger partial charge in [-0.15, -0.1) is 0 Å². The van der Waals surface area contributed by atoms with E-state index in [0.717, 1.165) is 11.5 Å². The van der Waals surface area contributed by atoms with E-state index in [9.17, 15) is 0 Å². The molecule has 5 aliphatic rings. The first-order valence-corrected chi connectivity index (χ1v) is 19.7. The summed E-state index contributed by atoms with van der Waals surface area (Å²) in [4.78, 5) is 5.10. The molecule has 14 rings (SSSR count). The molecule has 0 aliphatic carbocycles. The molecule has 2 atom stereocenters. The third-order valence-electron chi connectivity index (χ3n) is 13.6. The van der Waals surface area contributed by atoms with Crippen molar-refractivity contribution in [3.8, 4) is 5.82 Å². The standard InChI is InChI=1S/C50H35N6/c1-49(2)36-20-7-8-21-38(36)55-41-22-9-12-29-52(41)50-42-39(54(31-15-5-3-6-16-31)40-26-24-37(49)47(55)43(40)50)25-23-33-32-17-13-18-34-44(51-27-10-4-11-28-51)35-19-14-30-53(50)48(35)56(45(32)34)46(33)42/h3-30,44H,1-2H3/q+3. The zero-order valence-electron chi connectivity index (χ0n) is 30.9. The van der Waals surface area contributed by atoms with Gasteiger partial charge in [0.25, 0.3) is 5.82 Å². The SMILES string of the molecule is CC1(C)c2ccccc2N2c3c1ccc1c3C3(c4c(ccc5c6cccc7c6n(c45)-c4c(ccc[n+]43)C7[n+]3ccccc3)N1c1ccccc1)[n+]1ccccc12. The van der Waals surface area contributed by atoms with Crippen molar-refractivity contribution in [3.63, 3.8) is 0 Å². The second kappa shape index (κ2) is 9.60. The van der Waals surface area contributed by atoms with Gasteiger partial charge in [-0.1, -0.05) is 74.5 Å². The van der Waals surface area contributed by atoms with Gasteiger partial charge in [-0.05, 0) is 66.7 Å². The highest BCUT2D eigenvalue weighted by Crippen LogP contribution is 2.64. The third-order valence-corrected chi connectivity index (χ3v) is 13.6. The fourth-order valence-electron chi connectivity index (χ4n) is 11.6. The lowest BCUT2D eigenvalue weighted by Crippen LogP contribution is -2.80. The number of rotatable bonds is 2. The van der Waals surface area contributed by atoms with Crippen molar-refractivity contribution in [1.82, 2.24) is 4.57 Å². The van der Waals surface area contributed by atoms with Gasteiger partial charge in [-0.2, -0.15) is 23.2 Å². The van der Waals surface area contributed by atoms with Crippen LogP contribution in [0.5, 0.6) is 0 Å². The maximum Gasteiger partial charge on any atom is 0.318 e. The smallest absolute Gasteiger partial charge is 0.309 e. The fraction of sp³-hybridized carbons (Fsp3) is 0.100. The Labute approximate surface area is 323 Å². The summed E-state index contributed by atoms with van der Waals surface area (Å²) in [6.45, 7) is 4.82. The molecule has 56 heavy (non-hydrogen) atoms. The molecule has 9 heterocycles. The second-order valence-electron chi connectivity index (χ2n) is 16.4. The first-order valence-electron chi connectivity index (χ1n) is 19.7. The number of benzene rings is 5. The lowest BCUT2D eigenvalue weighted by molar-refractivity contribution is -0.965. The summed E-state index contributed by atoms with van der Waals surface area (Å²) in [6, 6.07) is 54.4. The number of hydrogen-bond donors (Lipinski definition) is 0. The van der Waals surface area contributed by atoms with Crippen LogP contribution < -0.4 is 23.5 Å². The number of fused-ring (bicyclic) bond motifs is 5. The topological polar surface area (TPSA) is 23.1 Å². The second-order valence-corrected chi connectivity index (χ2v) is 16.4. The number of para-hydroxylation sites is 3. The average Bonchev–Trinajstić information content (AvgIpc) is 3.59. The summed E-state index contributed by atoms with van der Waals surface area (Å²) < 4.78 is 10.3. The molecule has 0 saturated heterocycles. The van der Waals surface area contributed by atoms with Crippen LogP contribution in [-0.2, 0) is 11.1 Å². The molecule has 0 fully saturated rings. The Morgan fingerprint density at radius 2 is 1.21 bits per heavy atom. The molecule has 5 aromatic carbocycles. The van der Waals surface area contributed by atoms with Gasteiger partial charge in [0.15, 0.2) is 29.1 Å². The van der Waals surface area contributed by atoms with Gasteiger partial charge in [-0.3, -0.25) is 0 Å². The van der Waals surface area contributed by atoms with Gasteiger partial charge >= 0.3 is 11.5 Å². The minimum atomic E-state index is -0.768. The molecular weight excluding hydrogens is 685 g/mol. The van der Waals surface area contributed by atoms with Gasteiger partial charge in [0.2, 0.25) is 6.04 Å². The van der Waals surface area contributed by atoms with E-state index in [-0.39, 0.29) is 11.5 Å². The van der Waals surface area contributed by atoms with Gasteiger partial charge < -0.3 is 4.90 Å². The molecule has 0 saturated carbocycles. The van der Waals surface area contributed by atoms with Crippen molar-refractivity contribution in [2.24, 2.45) is 0 Å². The lowest BCUT2D eigenvalue weighted by atomic mass is 9.69. The van der Waals surface area contributed by atoms with Gasteiger partial charge in [0.05, 0.1) is 29.3 Å². The van der Waals surface area contributed by atoms with Crippen LogP contribution in [0.1, 0.15) is 53.3 Å². The predicted octanol–water partition coefficient (Wildman–Crippen LogP) is 9.41. The van der Waals surface area contributed by atoms with Crippen molar-refractivity contribution < 1.29 is 13.7 Å². The van der Waals surface area contributed by atoms with E-state index < -0.39 is 5.66 Å². The first-order chi connectivity index (χ1) is 27.6. The Hall–Kier alpha value is -7.05. The number of nitrogens with zero attached hydrogens (tertiary/aromatic N) is 6. The van der Waals surface area contributed by atoms with Crippen molar-refractivity contribution in [2.45, 2.75) is 31.0 Å². The van der Waals surface area contributed by atoms with E-state index in [0.29, 0.717) is 0 Å². The average molecular weight is 720 g/mol. The van der Waals surface area contributed by atoms with Crippen molar-refractivity contribution in [3.05, 3.63) is 204 Å². The van der Waals surface area contributed by atoms with Crippen molar-refractivity contribution in [2.75, 3.05) is 9.80 Å². The number of hydrogen-bond acceptors (Lipinski definition) is 2. The Balaban J connectivity index is 1.27. The Kier molecular flexibility index (Phi) is 5.03. The van der Waals surface area contributed by atoms with E-state index in [1.807, 2.05) is 0 Å². The monoisotopic (exact) mass is 719 g/mol. The molecule has 0 radical (unpaired) electrons. The van der Waals surface area contributed by atoms with Crippen LogP contribution in [0.4, 0.5) is 34.3 Å². The van der Waals surface area contributed by atoms with E-state index in [2.05, 4.69) is 212 Å². The predicted molar refractivity (Wildman–Crippen MR) is 218 cm³/mol. The summed E-state index contributed by atoms with van der Waals surface area (Å²) >= 11 is 0. The Morgan fingerprint density at radius 3 is 2.11 bits per heavy atom. The van der Waals surface area contributed by atoms with E-state index in [4.69, 9.17) is 0 Å². The van der Waals surface area contributed by atoms with Crippen molar-refractivity contribution >= 4 is 56.1 Å². The van der Waals surface area contributed by atoms with Gasteiger partial charge in [0.1, 0.15) is 22.4 Å². The minimum Gasteiger partial charge on any atom is -0.309 e. The van der Waals surface area contributed by atoms with Crippen LogP contribution in [0.3, 0.4) is 0 Å². The van der Waals surface area contributed by atoms with Crippen LogP contribution in [0.15, 0.2) is 170 Å². The quantitative estimate of drug-likeness (QED) is 0.166. The molecule has 9 aromatic rings. The normalized spacial score (nSPS) is 19.2. The molecule has 0 amide bonds. The molecule has 5 aliphatic heterocycles. The third kappa shape index (κ3) is 3.03. The highest BCUT2D eigenvalue weighted by molar-refractivity contribution is 6.15. The van der Waals surface area contributed by atoms with E-state index in [1.54, 1.807) is 0 Å². The van der Waals surface area contributed by atoms with Crippen LogP contribution in [-0.4, -0.2) is 4.57 Å². The zero-order valence-corrected chi connectivity index (χ0v) is 30.9. The van der Waals surface area contributed by atoms with Crippen molar-refractivity contribution in [1.29, 1.82) is 0 Å². The summed E-state index contributed by atoms with van der Waals surface area (Å²) in [6.07, 6.45) is 9.14. The van der Waals surface area contributed by atoms with Crippen LogP contribution in [0.2, 0.25) is 0 Å². The lowest BCUT2D eigenvalue weighted by Gasteiger charge is -2.50. The van der Waals surface area contributed by atoms with Crippen LogP contribution in [0, 0.1) is 0 Å². The van der Waals surface area contributed by atoms with Crippen LogP contribution in [0.25, 0.3) is 27.6 Å².